The number of nitrogens with two attached hydrogens (primary N) is 1. The predicted molar refractivity (Wildman–Crippen MR) is 72.0 cm³/mol. The van der Waals surface area contributed by atoms with Crippen LogP contribution >= 0.6 is 0 Å². The average Bonchev–Trinajstić information content (AvgIpc) is 2.86. The minimum atomic E-state index is 0.532. The van der Waals surface area contributed by atoms with Gasteiger partial charge in [-0.15, -0.1) is 0 Å². The number of piperazine rings is 1. The molecule has 0 aromatic carbocycles. The van der Waals surface area contributed by atoms with Gasteiger partial charge in [-0.2, -0.15) is 0 Å². The van der Waals surface area contributed by atoms with Crippen molar-refractivity contribution in [3.05, 3.63) is 29.6 Å². The van der Waals surface area contributed by atoms with Crippen LogP contribution < -0.4 is 5.73 Å². The molecule has 1 aromatic rings. The number of pyridine rings is 1. The molecule has 0 spiro atoms. The molecule has 2 fully saturated rings. The van der Waals surface area contributed by atoms with Crippen molar-refractivity contribution >= 4 is 0 Å². The SMILES string of the molecule is NCc1cc(CN2CCN3CCCC3C2)ccn1. The second-order valence-corrected chi connectivity index (χ2v) is 5.43. The lowest BCUT2D eigenvalue weighted by atomic mass is 10.1. The fourth-order valence-corrected chi connectivity index (χ4v) is 3.20. The van der Waals surface area contributed by atoms with Crippen molar-refractivity contribution in [1.82, 2.24) is 14.8 Å². The standard InChI is InChI=1S/C14H22N4/c15-9-13-8-12(3-4-16-13)10-17-6-7-18-5-1-2-14(18)11-17/h3-4,8,14H,1-2,5-7,9-11,15H2. The molecule has 2 N–H and O–H groups in total. The first-order valence-electron chi connectivity index (χ1n) is 6.95. The summed E-state index contributed by atoms with van der Waals surface area (Å²) in [6, 6.07) is 5.05. The summed E-state index contributed by atoms with van der Waals surface area (Å²) in [6.07, 6.45) is 4.63. The van der Waals surface area contributed by atoms with Gasteiger partial charge in [0, 0.05) is 45.0 Å². The Morgan fingerprint density at radius 3 is 3.17 bits per heavy atom. The van der Waals surface area contributed by atoms with Crippen molar-refractivity contribution in [1.29, 1.82) is 0 Å². The van der Waals surface area contributed by atoms with Crippen LogP contribution in [0.5, 0.6) is 0 Å². The van der Waals surface area contributed by atoms with E-state index in [4.69, 9.17) is 5.73 Å². The van der Waals surface area contributed by atoms with Crippen molar-refractivity contribution in [3.63, 3.8) is 0 Å². The summed E-state index contributed by atoms with van der Waals surface area (Å²) in [7, 11) is 0. The lowest BCUT2D eigenvalue weighted by Gasteiger charge is -2.37. The molecule has 0 bridgehead atoms. The molecule has 2 aliphatic rings. The van der Waals surface area contributed by atoms with Gasteiger partial charge in [0.2, 0.25) is 0 Å². The highest BCUT2D eigenvalue weighted by atomic mass is 15.3. The van der Waals surface area contributed by atoms with E-state index in [1.54, 1.807) is 0 Å². The van der Waals surface area contributed by atoms with Crippen LogP contribution in [0.25, 0.3) is 0 Å². The van der Waals surface area contributed by atoms with E-state index in [0.29, 0.717) is 6.54 Å². The molecule has 4 heteroatoms. The van der Waals surface area contributed by atoms with E-state index >= 15 is 0 Å². The monoisotopic (exact) mass is 246 g/mol. The molecule has 0 amide bonds. The van der Waals surface area contributed by atoms with Gasteiger partial charge in [0.25, 0.3) is 0 Å². The first kappa shape index (κ1) is 12.1. The lowest BCUT2D eigenvalue weighted by Crippen LogP contribution is -2.49. The molecule has 98 valence electrons. The van der Waals surface area contributed by atoms with Crippen LogP contribution in [-0.4, -0.2) is 47.0 Å². The number of rotatable bonds is 3. The Morgan fingerprint density at radius 2 is 2.28 bits per heavy atom. The van der Waals surface area contributed by atoms with E-state index in [1.807, 2.05) is 6.20 Å². The summed E-state index contributed by atoms with van der Waals surface area (Å²) in [5, 5.41) is 0. The van der Waals surface area contributed by atoms with Crippen molar-refractivity contribution in [2.75, 3.05) is 26.2 Å². The van der Waals surface area contributed by atoms with E-state index in [9.17, 15) is 0 Å². The van der Waals surface area contributed by atoms with Crippen molar-refractivity contribution < 1.29 is 0 Å². The molecule has 3 heterocycles. The Balaban J connectivity index is 1.62. The van der Waals surface area contributed by atoms with Gasteiger partial charge in [0.15, 0.2) is 0 Å². The third-order valence-corrected chi connectivity index (χ3v) is 4.17. The minimum Gasteiger partial charge on any atom is -0.325 e. The minimum absolute atomic E-state index is 0.532. The molecule has 3 rings (SSSR count). The molecule has 1 atom stereocenters. The summed E-state index contributed by atoms with van der Waals surface area (Å²) in [4.78, 5) is 9.47. The predicted octanol–water partition coefficient (Wildman–Crippen LogP) is 0.820. The van der Waals surface area contributed by atoms with Gasteiger partial charge in [-0.3, -0.25) is 14.8 Å². The number of aromatic nitrogens is 1. The molecular weight excluding hydrogens is 224 g/mol. The zero-order valence-electron chi connectivity index (χ0n) is 10.9. The van der Waals surface area contributed by atoms with Crippen molar-refractivity contribution in [2.45, 2.75) is 32.0 Å². The quantitative estimate of drug-likeness (QED) is 0.857. The van der Waals surface area contributed by atoms with Gasteiger partial charge in [0.1, 0.15) is 0 Å². The maximum Gasteiger partial charge on any atom is 0.0542 e. The number of hydrogen-bond acceptors (Lipinski definition) is 4. The maximum absolute atomic E-state index is 5.64. The smallest absolute Gasteiger partial charge is 0.0542 e. The Morgan fingerprint density at radius 1 is 1.33 bits per heavy atom. The Kier molecular flexibility index (Phi) is 3.59. The van der Waals surface area contributed by atoms with E-state index in [1.165, 1.54) is 44.6 Å². The third kappa shape index (κ3) is 2.55. The maximum atomic E-state index is 5.64. The van der Waals surface area contributed by atoms with Gasteiger partial charge in [-0.25, -0.2) is 0 Å². The van der Waals surface area contributed by atoms with Crippen LogP contribution in [0.1, 0.15) is 24.1 Å². The summed E-state index contributed by atoms with van der Waals surface area (Å²) in [6.45, 7) is 6.53. The highest BCUT2D eigenvalue weighted by molar-refractivity contribution is 5.16. The number of fused-ring (bicyclic) bond motifs is 1. The topological polar surface area (TPSA) is 45.4 Å². The number of nitrogens with zero attached hydrogens (tertiary/aromatic N) is 3. The van der Waals surface area contributed by atoms with Crippen LogP contribution in [0, 0.1) is 0 Å². The summed E-state index contributed by atoms with van der Waals surface area (Å²) in [5.41, 5.74) is 7.98. The molecule has 0 radical (unpaired) electrons. The zero-order valence-corrected chi connectivity index (χ0v) is 10.9. The second-order valence-electron chi connectivity index (χ2n) is 5.43. The van der Waals surface area contributed by atoms with Crippen LogP contribution in [-0.2, 0) is 13.1 Å². The lowest BCUT2D eigenvalue weighted by molar-refractivity contribution is 0.0993. The first-order valence-corrected chi connectivity index (χ1v) is 6.95. The third-order valence-electron chi connectivity index (χ3n) is 4.17. The molecule has 1 aromatic heterocycles. The van der Waals surface area contributed by atoms with E-state index in [0.717, 1.165) is 18.3 Å². The Bertz CT molecular complexity index is 407. The largest absolute Gasteiger partial charge is 0.325 e. The first-order chi connectivity index (χ1) is 8.85. The molecule has 4 nitrogen and oxygen atoms in total. The highest BCUT2D eigenvalue weighted by Gasteiger charge is 2.30. The molecule has 2 aliphatic heterocycles. The normalized spacial score (nSPS) is 25.3. The van der Waals surface area contributed by atoms with Crippen LogP contribution in [0.4, 0.5) is 0 Å². The summed E-state index contributed by atoms with van der Waals surface area (Å²) in [5.74, 6) is 0. The van der Waals surface area contributed by atoms with Gasteiger partial charge in [-0.05, 0) is 37.1 Å². The van der Waals surface area contributed by atoms with E-state index in [-0.39, 0.29) is 0 Å². The molecule has 0 aliphatic carbocycles. The fourth-order valence-electron chi connectivity index (χ4n) is 3.20. The molecule has 1 unspecified atom stereocenters. The second kappa shape index (κ2) is 5.34. The van der Waals surface area contributed by atoms with Gasteiger partial charge in [0.05, 0.1) is 5.69 Å². The molecule has 2 saturated heterocycles. The summed E-state index contributed by atoms with van der Waals surface area (Å²) < 4.78 is 0. The van der Waals surface area contributed by atoms with Crippen LogP contribution in [0.2, 0.25) is 0 Å². The zero-order chi connectivity index (χ0) is 12.4. The van der Waals surface area contributed by atoms with Crippen LogP contribution in [0.15, 0.2) is 18.3 Å². The molecular formula is C14H22N4. The van der Waals surface area contributed by atoms with Gasteiger partial charge in [-0.1, -0.05) is 0 Å². The number of hydrogen-bond donors (Lipinski definition) is 1. The molecule has 0 saturated carbocycles. The Hall–Kier alpha value is -0.970. The Labute approximate surface area is 109 Å². The highest BCUT2D eigenvalue weighted by Crippen LogP contribution is 2.22. The van der Waals surface area contributed by atoms with Crippen molar-refractivity contribution in [2.24, 2.45) is 5.73 Å². The fraction of sp³-hybridized carbons (Fsp3) is 0.643. The van der Waals surface area contributed by atoms with Crippen molar-refractivity contribution in [3.8, 4) is 0 Å². The van der Waals surface area contributed by atoms with Crippen LogP contribution in [0.3, 0.4) is 0 Å². The summed E-state index contributed by atoms with van der Waals surface area (Å²) >= 11 is 0. The van der Waals surface area contributed by atoms with E-state index in [2.05, 4.69) is 26.9 Å². The van der Waals surface area contributed by atoms with Gasteiger partial charge < -0.3 is 5.73 Å². The van der Waals surface area contributed by atoms with E-state index < -0.39 is 0 Å². The average molecular weight is 246 g/mol. The molecule has 18 heavy (non-hydrogen) atoms. The van der Waals surface area contributed by atoms with Gasteiger partial charge >= 0.3 is 0 Å².